The molecule has 0 saturated heterocycles. The van der Waals surface area contributed by atoms with Crippen molar-refractivity contribution in [3.63, 3.8) is 0 Å². The fraction of sp³-hybridized carbons (Fsp3) is 0.750. The highest BCUT2D eigenvalue weighted by atomic mass is 16.2. The molecule has 0 radical (unpaired) electrons. The topological polar surface area (TPSA) is 41.5 Å². The summed E-state index contributed by atoms with van der Waals surface area (Å²) in [7, 11) is 0. The van der Waals surface area contributed by atoms with Gasteiger partial charge in [-0.1, -0.05) is 0 Å². The van der Waals surface area contributed by atoms with Crippen LogP contribution >= 0.6 is 0 Å². The molecule has 3 nitrogen and oxygen atoms in total. The molecule has 60 valence electrons. The quantitative estimate of drug-likeness (QED) is 0.590. The second-order valence-corrected chi connectivity index (χ2v) is 3.28. The van der Waals surface area contributed by atoms with E-state index < -0.39 is 0 Å². The van der Waals surface area contributed by atoms with Crippen LogP contribution in [-0.4, -0.2) is 11.6 Å². The second-order valence-electron chi connectivity index (χ2n) is 3.28. The lowest BCUT2D eigenvalue weighted by atomic mass is 9.98. The molecule has 2 aliphatic rings. The molecule has 2 aliphatic carbocycles. The van der Waals surface area contributed by atoms with E-state index in [0.717, 1.165) is 31.4 Å². The zero-order chi connectivity index (χ0) is 7.68. The lowest BCUT2D eigenvalue weighted by Crippen LogP contribution is -2.23. The Balaban J connectivity index is 1.75. The predicted molar refractivity (Wildman–Crippen MR) is 42.2 cm³/mol. The van der Waals surface area contributed by atoms with Crippen molar-refractivity contribution in [2.75, 3.05) is 0 Å². The molecule has 3 heteroatoms. The minimum Gasteiger partial charge on any atom is -0.273 e. The molecular formula is C8H12N2O. The lowest BCUT2D eigenvalue weighted by molar-refractivity contribution is -0.122. The predicted octanol–water partition coefficient (Wildman–Crippen LogP) is 1.05. The molecule has 0 unspecified atom stereocenters. The summed E-state index contributed by atoms with van der Waals surface area (Å²) in [6.07, 6.45) is 5.49. The summed E-state index contributed by atoms with van der Waals surface area (Å²) in [6.45, 7) is 0. The highest BCUT2D eigenvalue weighted by molar-refractivity contribution is 5.90. The zero-order valence-electron chi connectivity index (χ0n) is 6.47. The van der Waals surface area contributed by atoms with E-state index >= 15 is 0 Å². The number of carbonyl (C=O) groups excluding carboxylic acids is 1. The molecule has 0 aromatic rings. The van der Waals surface area contributed by atoms with Gasteiger partial charge in [-0.3, -0.25) is 4.79 Å². The summed E-state index contributed by atoms with van der Waals surface area (Å²) in [5.74, 6) is 0.392. The molecular weight excluding hydrogens is 140 g/mol. The van der Waals surface area contributed by atoms with Gasteiger partial charge in [0.15, 0.2) is 0 Å². The highest BCUT2D eigenvalue weighted by Crippen LogP contribution is 2.28. The van der Waals surface area contributed by atoms with Crippen LogP contribution in [0.25, 0.3) is 0 Å². The third kappa shape index (κ3) is 1.59. The molecule has 0 aromatic heterocycles. The average Bonchev–Trinajstić information content (AvgIpc) is 2.64. The summed E-state index contributed by atoms with van der Waals surface area (Å²) >= 11 is 0. The Morgan fingerprint density at radius 2 is 2.18 bits per heavy atom. The van der Waals surface area contributed by atoms with Gasteiger partial charge in [-0.2, -0.15) is 5.10 Å². The second kappa shape index (κ2) is 2.64. The Kier molecular flexibility index (Phi) is 1.64. The van der Waals surface area contributed by atoms with Crippen molar-refractivity contribution < 1.29 is 4.79 Å². The van der Waals surface area contributed by atoms with E-state index in [0.29, 0.717) is 0 Å². The first-order chi connectivity index (χ1) is 5.36. The summed E-state index contributed by atoms with van der Waals surface area (Å²) < 4.78 is 0. The summed E-state index contributed by atoms with van der Waals surface area (Å²) in [4.78, 5) is 11.0. The van der Waals surface area contributed by atoms with Crippen LogP contribution < -0.4 is 5.43 Å². The van der Waals surface area contributed by atoms with Crippen LogP contribution in [-0.2, 0) is 4.79 Å². The maximum Gasteiger partial charge on any atom is 0.243 e. The van der Waals surface area contributed by atoms with Crippen LogP contribution in [0.15, 0.2) is 5.10 Å². The van der Waals surface area contributed by atoms with Gasteiger partial charge in [0.25, 0.3) is 0 Å². The van der Waals surface area contributed by atoms with Crippen molar-refractivity contribution in [1.82, 2.24) is 5.43 Å². The normalized spacial score (nSPS) is 22.4. The van der Waals surface area contributed by atoms with Crippen molar-refractivity contribution in [2.45, 2.75) is 32.1 Å². The minimum atomic E-state index is 0.115. The van der Waals surface area contributed by atoms with Crippen molar-refractivity contribution >= 4 is 11.6 Å². The van der Waals surface area contributed by atoms with E-state index in [1.807, 2.05) is 0 Å². The highest BCUT2D eigenvalue weighted by Gasteiger charge is 2.29. The summed E-state index contributed by atoms with van der Waals surface area (Å²) in [5.41, 5.74) is 3.75. The molecule has 0 atom stereocenters. The maximum absolute atomic E-state index is 11.0. The van der Waals surface area contributed by atoms with E-state index in [9.17, 15) is 4.79 Å². The van der Waals surface area contributed by atoms with Crippen molar-refractivity contribution in [3.8, 4) is 0 Å². The van der Waals surface area contributed by atoms with Crippen molar-refractivity contribution in [2.24, 2.45) is 11.0 Å². The fourth-order valence-electron chi connectivity index (χ4n) is 1.02. The van der Waals surface area contributed by atoms with Gasteiger partial charge in [0.05, 0.1) is 0 Å². The number of nitrogens with one attached hydrogen (secondary N) is 1. The Morgan fingerprint density at radius 3 is 2.64 bits per heavy atom. The number of carbonyl (C=O) groups is 1. The van der Waals surface area contributed by atoms with Crippen molar-refractivity contribution in [3.05, 3.63) is 0 Å². The van der Waals surface area contributed by atoms with Gasteiger partial charge < -0.3 is 0 Å². The number of hydrazone groups is 1. The van der Waals surface area contributed by atoms with Crippen LogP contribution in [0.1, 0.15) is 32.1 Å². The molecule has 2 fully saturated rings. The Hall–Kier alpha value is -0.860. The van der Waals surface area contributed by atoms with Crippen LogP contribution in [0.2, 0.25) is 0 Å². The molecule has 2 saturated carbocycles. The van der Waals surface area contributed by atoms with E-state index in [1.54, 1.807) is 0 Å². The van der Waals surface area contributed by atoms with Crippen LogP contribution in [0.3, 0.4) is 0 Å². The Labute approximate surface area is 65.9 Å². The van der Waals surface area contributed by atoms with Gasteiger partial charge in [0.2, 0.25) is 5.91 Å². The third-order valence-electron chi connectivity index (χ3n) is 2.20. The Morgan fingerprint density at radius 1 is 1.45 bits per heavy atom. The van der Waals surface area contributed by atoms with Crippen LogP contribution in [0.4, 0.5) is 0 Å². The molecule has 0 spiro atoms. The van der Waals surface area contributed by atoms with E-state index in [2.05, 4.69) is 10.5 Å². The van der Waals surface area contributed by atoms with E-state index in [-0.39, 0.29) is 11.8 Å². The molecule has 0 bridgehead atoms. The van der Waals surface area contributed by atoms with Crippen molar-refractivity contribution in [1.29, 1.82) is 0 Å². The molecule has 2 rings (SSSR count). The van der Waals surface area contributed by atoms with Crippen LogP contribution in [0, 0.1) is 5.92 Å². The molecule has 0 heterocycles. The Bertz CT molecular complexity index is 200. The van der Waals surface area contributed by atoms with Gasteiger partial charge >= 0.3 is 0 Å². The number of hydrogen-bond acceptors (Lipinski definition) is 2. The SMILES string of the molecule is O=C(NN=C1CCC1)C1CC1. The minimum absolute atomic E-state index is 0.115. The lowest BCUT2D eigenvalue weighted by Gasteiger charge is -2.13. The summed E-state index contributed by atoms with van der Waals surface area (Å²) in [5, 5.41) is 4.01. The average molecular weight is 152 g/mol. The number of rotatable bonds is 2. The largest absolute Gasteiger partial charge is 0.273 e. The first-order valence-corrected chi connectivity index (χ1v) is 4.21. The van der Waals surface area contributed by atoms with Gasteiger partial charge in [-0.15, -0.1) is 0 Å². The van der Waals surface area contributed by atoms with Crippen LogP contribution in [0.5, 0.6) is 0 Å². The molecule has 11 heavy (non-hydrogen) atoms. The smallest absolute Gasteiger partial charge is 0.243 e. The number of amides is 1. The van der Waals surface area contributed by atoms with Gasteiger partial charge in [-0.05, 0) is 32.1 Å². The summed E-state index contributed by atoms with van der Waals surface area (Å²) in [6, 6.07) is 0. The van der Waals surface area contributed by atoms with Gasteiger partial charge in [0.1, 0.15) is 0 Å². The van der Waals surface area contributed by atoms with Gasteiger partial charge in [-0.25, -0.2) is 5.43 Å². The molecule has 1 amide bonds. The maximum atomic E-state index is 11.0. The number of hydrogen-bond donors (Lipinski definition) is 1. The zero-order valence-corrected chi connectivity index (χ0v) is 6.47. The fourth-order valence-corrected chi connectivity index (χ4v) is 1.02. The first-order valence-electron chi connectivity index (χ1n) is 4.21. The molecule has 0 aromatic carbocycles. The molecule has 0 aliphatic heterocycles. The van der Waals surface area contributed by atoms with E-state index in [1.165, 1.54) is 6.42 Å². The van der Waals surface area contributed by atoms with Gasteiger partial charge in [0, 0.05) is 11.6 Å². The van der Waals surface area contributed by atoms with E-state index in [4.69, 9.17) is 0 Å². The molecule has 1 N–H and O–H groups in total. The number of nitrogens with zero attached hydrogens (tertiary/aromatic N) is 1. The standard InChI is InChI=1S/C8H12N2O/c11-8(6-4-5-6)10-9-7-2-1-3-7/h6H,1-5H2,(H,10,11). The monoisotopic (exact) mass is 152 g/mol. The third-order valence-corrected chi connectivity index (χ3v) is 2.20. The first kappa shape index (κ1) is 6.83.